The normalized spacial score (nSPS) is 15.0. The Morgan fingerprint density at radius 3 is 2.50 bits per heavy atom. The zero-order valence-electron chi connectivity index (χ0n) is 12.8. The van der Waals surface area contributed by atoms with E-state index < -0.39 is 0 Å². The first kappa shape index (κ1) is 13.4. The Kier molecular flexibility index (Phi) is 3.56. The quantitative estimate of drug-likeness (QED) is 0.634. The van der Waals surface area contributed by atoms with Gasteiger partial charge in [0.1, 0.15) is 0 Å². The Balaban J connectivity index is 1.84. The van der Waals surface area contributed by atoms with Crippen LogP contribution in [0.1, 0.15) is 42.5 Å². The molecule has 1 aliphatic carbocycles. The number of para-hydroxylation sites is 1. The molecule has 0 amide bonds. The SMILES string of the molecule is C1=C(c2[nH]c3ccccc3c2Cc2ccccc2)CCCC1. The molecule has 0 aliphatic heterocycles. The van der Waals surface area contributed by atoms with Gasteiger partial charge in [-0.15, -0.1) is 0 Å². The largest absolute Gasteiger partial charge is 0.355 e. The third kappa shape index (κ3) is 2.48. The van der Waals surface area contributed by atoms with E-state index in [-0.39, 0.29) is 0 Å². The number of aromatic nitrogens is 1. The number of hydrogen-bond donors (Lipinski definition) is 1. The first-order valence-electron chi connectivity index (χ1n) is 8.25. The van der Waals surface area contributed by atoms with Gasteiger partial charge in [0.05, 0.1) is 0 Å². The number of hydrogen-bond acceptors (Lipinski definition) is 0. The van der Waals surface area contributed by atoms with Gasteiger partial charge in [-0.25, -0.2) is 0 Å². The summed E-state index contributed by atoms with van der Waals surface area (Å²) in [6.07, 6.45) is 8.49. The second kappa shape index (κ2) is 5.84. The Hall–Kier alpha value is -2.28. The molecule has 22 heavy (non-hydrogen) atoms. The van der Waals surface area contributed by atoms with Crippen molar-refractivity contribution in [1.82, 2.24) is 4.98 Å². The minimum atomic E-state index is 0.998. The van der Waals surface area contributed by atoms with Gasteiger partial charge in [0.2, 0.25) is 0 Å². The van der Waals surface area contributed by atoms with Gasteiger partial charge in [0.15, 0.2) is 0 Å². The molecule has 3 aromatic rings. The van der Waals surface area contributed by atoms with Crippen molar-refractivity contribution in [2.24, 2.45) is 0 Å². The van der Waals surface area contributed by atoms with Crippen LogP contribution in [0.2, 0.25) is 0 Å². The molecule has 0 radical (unpaired) electrons. The minimum Gasteiger partial charge on any atom is -0.355 e. The zero-order chi connectivity index (χ0) is 14.8. The third-order valence-electron chi connectivity index (χ3n) is 4.65. The molecule has 0 spiro atoms. The zero-order valence-corrected chi connectivity index (χ0v) is 12.8. The van der Waals surface area contributed by atoms with E-state index in [0.29, 0.717) is 0 Å². The molecule has 1 nitrogen and oxygen atoms in total. The second-order valence-corrected chi connectivity index (χ2v) is 6.16. The fraction of sp³-hybridized carbons (Fsp3) is 0.238. The van der Waals surface area contributed by atoms with Crippen LogP contribution >= 0.6 is 0 Å². The topological polar surface area (TPSA) is 15.8 Å². The molecule has 0 saturated carbocycles. The van der Waals surface area contributed by atoms with Crippen LogP contribution in [0.4, 0.5) is 0 Å². The van der Waals surface area contributed by atoms with Crippen LogP contribution in [0.25, 0.3) is 16.5 Å². The van der Waals surface area contributed by atoms with E-state index in [9.17, 15) is 0 Å². The molecule has 1 aromatic heterocycles. The smallest absolute Gasteiger partial charge is 0.0461 e. The number of rotatable bonds is 3. The van der Waals surface area contributed by atoms with E-state index in [0.717, 1.165) is 6.42 Å². The maximum atomic E-state index is 3.69. The van der Waals surface area contributed by atoms with E-state index in [2.05, 4.69) is 65.7 Å². The van der Waals surface area contributed by atoms with Crippen molar-refractivity contribution in [3.63, 3.8) is 0 Å². The summed E-state index contributed by atoms with van der Waals surface area (Å²) in [6, 6.07) is 19.5. The van der Waals surface area contributed by atoms with Crippen LogP contribution in [-0.2, 0) is 6.42 Å². The van der Waals surface area contributed by atoms with Crippen molar-refractivity contribution in [2.45, 2.75) is 32.1 Å². The Morgan fingerprint density at radius 2 is 1.68 bits per heavy atom. The predicted molar refractivity (Wildman–Crippen MR) is 94.0 cm³/mol. The molecular weight excluding hydrogens is 266 g/mol. The molecule has 0 fully saturated rings. The fourth-order valence-corrected chi connectivity index (χ4v) is 3.52. The summed E-state index contributed by atoms with van der Waals surface area (Å²) in [7, 11) is 0. The second-order valence-electron chi connectivity index (χ2n) is 6.16. The lowest BCUT2D eigenvalue weighted by Gasteiger charge is -2.14. The Labute approximate surface area is 131 Å². The summed E-state index contributed by atoms with van der Waals surface area (Å²) in [4.78, 5) is 3.69. The lowest BCUT2D eigenvalue weighted by atomic mass is 9.92. The molecule has 1 heteroatoms. The molecular formula is C21H21N. The Bertz CT molecular complexity index is 808. The summed E-state index contributed by atoms with van der Waals surface area (Å²) in [5, 5.41) is 1.37. The molecule has 0 bridgehead atoms. The van der Waals surface area contributed by atoms with Crippen LogP contribution in [0.5, 0.6) is 0 Å². The number of aromatic amines is 1. The van der Waals surface area contributed by atoms with Crippen molar-refractivity contribution in [3.8, 4) is 0 Å². The average molecular weight is 287 g/mol. The number of benzene rings is 2. The monoisotopic (exact) mass is 287 g/mol. The van der Waals surface area contributed by atoms with Gasteiger partial charge >= 0.3 is 0 Å². The highest BCUT2D eigenvalue weighted by Gasteiger charge is 2.16. The molecule has 1 aliphatic rings. The van der Waals surface area contributed by atoms with Gasteiger partial charge in [-0.1, -0.05) is 54.6 Å². The molecule has 0 unspecified atom stereocenters. The average Bonchev–Trinajstić information content (AvgIpc) is 2.95. The van der Waals surface area contributed by atoms with Gasteiger partial charge < -0.3 is 4.98 Å². The van der Waals surface area contributed by atoms with Crippen molar-refractivity contribution in [3.05, 3.63) is 77.5 Å². The first-order chi connectivity index (χ1) is 10.9. The van der Waals surface area contributed by atoms with Gasteiger partial charge in [-0.05, 0) is 48.4 Å². The van der Waals surface area contributed by atoms with Crippen LogP contribution < -0.4 is 0 Å². The van der Waals surface area contributed by atoms with E-state index in [1.165, 1.54) is 59.0 Å². The van der Waals surface area contributed by atoms with E-state index in [1.54, 1.807) is 0 Å². The maximum absolute atomic E-state index is 3.69. The van der Waals surface area contributed by atoms with E-state index >= 15 is 0 Å². The summed E-state index contributed by atoms with van der Waals surface area (Å²) in [5.74, 6) is 0. The maximum Gasteiger partial charge on any atom is 0.0461 e. The Morgan fingerprint density at radius 1 is 0.864 bits per heavy atom. The van der Waals surface area contributed by atoms with Crippen LogP contribution in [-0.4, -0.2) is 4.98 Å². The van der Waals surface area contributed by atoms with Gasteiger partial charge in [0.25, 0.3) is 0 Å². The van der Waals surface area contributed by atoms with Crippen molar-refractivity contribution < 1.29 is 0 Å². The molecule has 1 N–H and O–H groups in total. The number of nitrogens with one attached hydrogen (secondary N) is 1. The van der Waals surface area contributed by atoms with Gasteiger partial charge in [-0.3, -0.25) is 0 Å². The molecule has 110 valence electrons. The summed E-state index contributed by atoms with van der Waals surface area (Å²) in [5.41, 5.74) is 6.97. The highest BCUT2D eigenvalue weighted by molar-refractivity contribution is 5.89. The molecule has 2 aromatic carbocycles. The number of fused-ring (bicyclic) bond motifs is 1. The molecule has 4 rings (SSSR count). The van der Waals surface area contributed by atoms with Crippen molar-refractivity contribution in [1.29, 1.82) is 0 Å². The summed E-state index contributed by atoms with van der Waals surface area (Å²) >= 11 is 0. The first-order valence-corrected chi connectivity index (χ1v) is 8.25. The summed E-state index contributed by atoms with van der Waals surface area (Å²) in [6.45, 7) is 0. The lowest BCUT2D eigenvalue weighted by Crippen LogP contribution is -1.97. The van der Waals surface area contributed by atoms with Gasteiger partial charge in [-0.2, -0.15) is 0 Å². The third-order valence-corrected chi connectivity index (χ3v) is 4.65. The fourth-order valence-electron chi connectivity index (χ4n) is 3.52. The van der Waals surface area contributed by atoms with Crippen LogP contribution in [0, 0.1) is 0 Å². The predicted octanol–water partition coefficient (Wildman–Crippen LogP) is 5.72. The van der Waals surface area contributed by atoms with Crippen LogP contribution in [0.15, 0.2) is 60.7 Å². The lowest BCUT2D eigenvalue weighted by molar-refractivity contribution is 0.740. The highest BCUT2D eigenvalue weighted by Crippen LogP contribution is 2.34. The van der Waals surface area contributed by atoms with Crippen LogP contribution in [0.3, 0.4) is 0 Å². The molecule has 0 saturated heterocycles. The van der Waals surface area contributed by atoms with Crippen molar-refractivity contribution in [2.75, 3.05) is 0 Å². The van der Waals surface area contributed by atoms with Crippen molar-refractivity contribution >= 4 is 16.5 Å². The van der Waals surface area contributed by atoms with Gasteiger partial charge in [0, 0.05) is 23.0 Å². The van der Waals surface area contributed by atoms with E-state index in [1.807, 2.05) is 0 Å². The number of allylic oxidation sites excluding steroid dienone is 2. The highest BCUT2D eigenvalue weighted by atomic mass is 14.7. The molecule has 1 heterocycles. The summed E-state index contributed by atoms with van der Waals surface area (Å²) < 4.78 is 0. The number of H-pyrrole nitrogens is 1. The minimum absolute atomic E-state index is 0.998. The standard InChI is InChI=1S/C21H21N/c1-3-9-16(10-4-1)15-19-18-13-7-8-14-20(18)22-21(19)17-11-5-2-6-12-17/h1,3-4,7-11,13-14,22H,2,5-6,12,15H2. The van der Waals surface area contributed by atoms with E-state index in [4.69, 9.17) is 0 Å². The molecule has 0 atom stereocenters.